The Bertz CT molecular complexity index is 768. The van der Waals surface area contributed by atoms with Crippen molar-refractivity contribution < 1.29 is 19.0 Å². The number of rotatable bonds is 8. The normalized spacial score (nSPS) is 9.80. The monoisotopic (exact) mass is 340 g/mol. The molecule has 6 heteroatoms. The Balaban J connectivity index is 2.00. The first-order chi connectivity index (χ1) is 12.2. The zero-order chi connectivity index (χ0) is 18.1. The lowest BCUT2D eigenvalue weighted by molar-refractivity contribution is -0.118. The van der Waals surface area contributed by atoms with Crippen LogP contribution in [0, 0.1) is 11.3 Å². The molecule has 25 heavy (non-hydrogen) atoms. The molecule has 0 bridgehead atoms. The first kappa shape index (κ1) is 18.1. The third-order valence-corrected chi connectivity index (χ3v) is 3.19. The summed E-state index contributed by atoms with van der Waals surface area (Å²) in [6, 6.07) is 14.0. The Morgan fingerprint density at radius 3 is 2.44 bits per heavy atom. The fourth-order valence-corrected chi connectivity index (χ4v) is 2.15. The van der Waals surface area contributed by atoms with Crippen LogP contribution in [0.5, 0.6) is 17.2 Å². The third-order valence-electron chi connectivity index (χ3n) is 3.19. The number of amides is 1. The molecular formula is C19H20N2O4. The van der Waals surface area contributed by atoms with Crippen molar-refractivity contribution in [3.05, 3.63) is 48.0 Å². The van der Waals surface area contributed by atoms with Crippen molar-refractivity contribution in [3.63, 3.8) is 0 Å². The van der Waals surface area contributed by atoms with E-state index in [1.54, 1.807) is 42.5 Å². The second-order valence-electron chi connectivity index (χ2n) is 4.97. The summed E-state index contributed by atoms with van der Waals surface area (Å²) < 4.78 is 16.4. The summed E-state index contributed by atoms with van der Waals surface area (Å²) in [5.74, 6) is 1.24. The lowest BCUT2D eigenvalue weighted by Gasteiger charge is -2.13. The van der Waals surface area contributed by atoms with Crippen LogP contribution in [-0.2, 0) is 4.79 Å². The molecule has 0 unspecified atom stereocenters. The Morgan fingerprint density at radius 1 is 1.00 bits per heavy atom. The average molecular weight is 340 g/mol. The predicted molar refractivity (Wildman–Crippen MR) is 94.1 cm³/mol. The standard InChI is InChI=1S/C19H20N2O4/c1-3-23-17-10-9-15(11-18(17)24-4-2)21-19(22)13-25-16-8-6-5-7-14(16)12-20/h5-11H,3-4,13H2,1-2H3,(H,21,22). The van der Waals surface area contributed by atoms with Crippen molar-refractivity contribution >= 4 is 11.6 Å². The second kappa shape index (κ2) is 9.18. The molecule has 0 atom stereocenters. The lowest BCUT2D eigenvalue weighted by Crippen LogP contribution is -2.20. The maximum absolute atomic E-state index is 12.1. The minimum absolute atomic E-state index is 0.199. The average Bonchev–Trinajstić information content (AvgIpc) is 2.62. The molecule has 0 spiro atoms. The maximum atomic E-state index is 12.1. The summed E-state index contributed by atoms with van der Waals surface area (Å²) in [7, 11) is 0. The highest BCUT2D eigenvalue weighted by Crippen LogP contribution is 2.30. The molecule has 0 fully saturated rings. The van der Waals surface area contributed by atoms with Crippen LogP contribution in [0.25, 0.3) is 0 Å². The van der Waals surface area contributed by atoms with Crippen molar-refractivity contribution in [2.45, 2.75) is 13.8 Å². The van der Waals surface area contributed by atoms with Gasteiger partial charge in [-0.3, -0.25) is 4.79 Å². The molecular weight excluding hydrogens is 320 g/mol. The van der Waals surface area contributed by atoms with Gasteiger partial charge < -0.3 is 19.5 Å². The van der Waals surface area contributed by atoms with E-state index in [1.807, 2.05) is 19.9 Å². The highest BCUT2D eigenvalue weighted by atomic mass is 16.5. The van der Waals surface area contributed by atoms with Crippen LogP contribution in [0.1, 0.15) is 19.4 Å². The second-order valence-corrected chi connectivity index (χ2v) is 4.97. The molecule has 0 saturated heterocycles. The lowest BCUT2D eigenvalue weighted by atomic mass is 10.2. The molecule has 0 aromatic heterocycles. The van der Waals surface area contributed by atoms with Crippen LogP contribution >= 0.6 is 0 Å². The molecule has 1 amide bonds. The van der Waals surface area contributed by atoms with Gasteiger partial charge in [0.15, 0.2) is 18.1 Å². The highest BCUT2D eigenvalue weighted by molar-refractivity contribution is 5.92. The van der Waals surface area contributed by atoms with E-state index in [-0.39, 0.29) is 12.5 Å². The smallest absolute Gasteiger partial charge is 0.262 e. The molecule has 0 aliphatic rings. The van der Waals surface area contributed by atoms with E-state index in [9.17, 15) is 4.79 Å². The number of hydrogen-bond acceptors (Lipinski definition) is 5. The SMILES string of the molecule is CCOc1ccc(NC(=O)COc2ccccc2C#N)cc1OCC. The molecule has 2 rings (SSSR count). The molecule has 6 nitrogen and oxygen atoms in total. The van der Waals surface area contributed by atoms with E-state index in [1.165, 1.54) is 0 Å². The van der Waals surface area contributed by atoms with Gasteiger partial charge in [0, 0.05) is 11.8 Å². The van der Waals surface area contributed by atoms with Crippen molar-refractivity contribution in [1.29, 1.82) is 5.26 Å². The summed E-state index contributed by atoms with van der Waals surface area (Å²) in [4.78, 5) is 12.1. The number of ether oxygens (including phenoxy) is 3. The van der Waals surface area contributed by atoms with Gasteiger partial charge in [-0.1, -0.05) is 12.1 Å². The van der Waals surface area contributed by atoms with Crippen LogP contribution < -0.4 is 19.5 Å². The van der Waals surface area contributed by atoms with Crippen LogP contribution in [0.4, 0.5) is 5.69 Å². The molecule has 0 saturated carbocycles. The largest absolute Gasteiger partial charge is 0.490 e. The minimum Gasteiger partial charge on any atom is -0.490 e. The summed E-state index contributed by atoms with van der Waals surface area (Å²) in [5.41, 5.74) is 0.962. The zero-order valence-electron chi connectivity index (χ0n) is 14.2. The molecule has 2 aromatic carbocycles. The van der Waals surface area contributed by atoms with Gasteiger partial charge in [0.2, 0.25) is 0 Å². The van der Waals surface area contributed by atoms with E-state index in [0.29, 0.717) is 41.7 Å². The molecule has 2 aromatic rings. The zero-order valence-corrected chi connectivity index (χ0v) is 14.2. The van der Waals surface area contributed by atoms with Crippen molar-refractivity contribution in [2.24, 2.45) is 0 Å². The predicted octanol–water partition coefficient (Wildman–Crippen LogP) is 3.37. The highest BCUT2D eigenvalue weighted by Gasteiger charge is 2.10. The Kier molecular flexibility index (Phi) is 6.66. The van der Waals surface area contributed by atoms with Crippen LogP contribution in [-0.4, -0.2) is 25.7 Å². The van der Waals surface area contributed by atoms with E-state index in [2.05, 4.69) is 5.32 Å². The van der Waals surface area contributed by atoms with Gasteiger partial charge in [-0.25, -0.2) is 0 Å². The quantitative estimate of drug-likeness (QED) is 0.797. The van der Waals surface area contributed by atoms with E-state index >= 15 is 0 Å². The summed E-state index contributed by atoms with van der Waals surface area (Å²) in [5, 5.41) is 11.7. The molecule has 130 valence electrons. The van der Waals surface area contributed by atoms with Gasteiger partial charge in [0.1, 0.15) is 11.8 Å². The summed E-state index contributed by atoms with van der Waals surface area (Å²) >= 11 is 0. The summed E-state index contributed by atoms with van der Waals surface area (Å²) in [6.07, 6.45) is 0. The fourth-order valence-electron chi connectivity index (χ4n) is 2.15. The number of para-hydroxylation sites is 1. The van der Waals surface area contributed by atoms with Gasteiger partial charge in [0.05, 0.1) is 18.8 Å². The topological polar surface area (TPSA) is 80.6 Å². The van der Waals surface area contributed by atoms with Gasteiger partial charge in [0.25, 0.3) is 5.91 Å². The van der Waals surface area contributed by atoms with Crippen LogP contribution in [0.15, 0.2) is 42.5 Å². The maximum Gasteiger partial charge on any atom is 0.262 e. The number of carbonyl (C=O) groups excluding carboxylic acids is 1. The Morgan fingerprint density at radius 2 is 1.72 bits per heavy atom. The van der Waals surface area contributed by atoms with Crippen LogP contribution in [0.2, 0.25) is 0 Å². The van der Waals surface area contributed by atoms with Gasteiger partial charge in [-0.2, -0.15) is 5.26 Å². The first-order valence-electron chi connectivity index (χ1n) is 7.99. The van der Waals surface area contributed by atoms with Crippen molar-refractivity contribution in [1.82, 2.24) is 0 Å². The summed E-state index contributed by atoms with van der Waals surface area (Å²) in [6.45, 7) is 4.59. The number of nitrogens with one attached hydrogen (secondary N) is 1. The number of nitriles is 1. The Hall–Kier alpha value is -3.20. The van der Waals surface area contributed by atoms with Gasteiger partial charge in [-0.15, -0.1) is 0 Å². The number of benzene rings is 2. The number of anilines is 1. The van der Waals surface area contributed by atoms with Crippen LogP contribution in [0.3, 0.4) is 0 Å². The number of hydrogen-bond donors (Lipinski definition) is 1. The number of carbonyl (C=O) groups is 1. The first-order valence-corrected chi connectivity index (χ1v) is 7.99. The molecule has 0 aliphatic heterocycles. The fraction of sp³-hybridized carbons (Fsp3) is 0.263. The van der Waals surface area contributed by atoms with E-state index in [4.69, 9.17) is 19.5 Å². The number of nitrogens with zero attached hydrogens (tertiary/aromatic N) is 1. The molecule has 0 aliphatic carbocycles. The molecule has 0 heterocycles. The molecule has 0 radical (unpaired) electrons. The van der Waals surface area contributed by atoms with Crippen molar-refractivity contribution in [3.8, 4) is 23.3 Å². The van der Waals surface area contributed by atoms with Gasteiger partial charge in [-0.05, 0) is 38.1 Å². The van der Waals surface area contributed by atoms with Crippen molar-refractivity contribution in [2.75, 3.05) is 25.1 Å². The molecule has 1 N–H and O–H groups in total. The Labute approximate surface area is 146 Å². The van der Waals surface area contributed by atoms with E-state index < -0.39 is 0 Å². The van der Waals surface area contributed by atoms with E-state index in [0.717, 1.165) is 0 Å². The van der Waals surface area contributed by atoms with Gasteiger partial charge >= 0.3 is 0 Å². The minimum atomic E-state index is -0.334. The third kappa shape index (κ3) is 5.15.